The normalized spacial score (nSPS) is 29.2. The van der Waals surface area contributed by atoms with E-state index in [1.54, 1.807) is 21.3 Å². The summed E-state index contributed by atoms with van der Waals surface area (Å²) in [4.78, 5) is 0. The van der Waals surface area contributed by atoms with Gasteiger partial charge in [0.2, 0.25) is 0 Å². The fourth-order valence-electron chi connectivity index (χ4n) is 2.12. The Balaban J connectivity index is 2.70. The third-order valence-electron chi connectivity index (χ3n) is 3.14. The van der Waals surface area contributed by atoms with Gasteiger partial charge in [0.15, 0.2) is 5.79 Å². The lowest BCUT2D eigenvalue weighted by atomic mass is 10.1. The molecule has 1 aliphatic heterocycles. The smallest absolute Gasteiger partial charge is 0.377 e. The SMILES string of the molecule is COC1(CCCN)CCC[Si](OC)(OC)O1. The van der Waals surface area contributed by atoms with Crippen LogP contribution in [0.1, 0.15) is 25.7 Å². The zero-order chi connectivity index (χ0) is 12.1. The monoisotopic (exact) mass is 249 g/mol. The molecule has 0 radical (unpaired) electrons. The van der Waals surface area contributed by atoms with Gasteiger partial charge in [-0.2, -0.15) is 0 Å². The van der Waals surface area contributed by atoms with Gasteiger partial charge in [0.05, 0.1) is 0 Å². The molecule has 2 N–H and O–H groups in total. The Bertz CT molecular complexity index is 213. The van der Waals surface area contributed by atoms with E-state index in [1.807, 2.05) is 0 Å². The Kier molecular flexibility index (Phi) is 5.36. The van der Waals surface area contributed by atoms with Crippen molar-refractivity contribution in [2.24, 2.45) is 5.73 Å². The molecule has 16 heavy (non-hydrogen) atoms. The van der Waals surface area contributed by atoms with Crippen molar-refractivity contribution in [3.63, 3.8) is 0 Å². The van der Waals surface area contributed by atoms with Crippen molar-refractivity contribution in [3.05, 3.63) is 0 Å². The third-order valence-corrected chi connectivity index (χ3v) is 6.03. The van der Waals surface area contributed by atoms with Crippen LogP contribution >= 0.6 is 0 Å². The van der Waals surface area contributed by atoms with Crippen LogP contribution in [0.5, 0.6) is 0 Å². The predicted octanol–water partition coefficient (Wildman–Crippen LogP) is 1.11. The zero-order valence-corrected chi connectivity index (χ0v) is 11.5. The van der Waals surface area contributed by atoms with E-state index in [1.165, 1.54) is 0 Å². The lowest BCUT2D eigenvalue weighted by Crippen LogP contribution is -2.56. The minimum Gasteiger partial charge on any atom is -0.377 e. The molecule has 1 aliphatic rings. The Morgan fingerprint density at radius 1 is 1.31 bits per heavy atom. The fraction of sp³-hybridized carbons (Fsp3) is 1.00. The molecule has 0 aromatic carbocycles. The van der Waals surface area contributed by atoms with Gasteiger partial charge in [-0.05, 0) is 19.4 Å². The lowest BCUT2D eigenvalue weighted by molar-refractivity contribution is -0.211. The van der Waals surface area contributed by atoms with E-state index in [4.69, 9.17) is 23.7 Å². The van der Waals surface area contributed by atoms with Crippen LogP contribution in [0, 0.1) is 0 Å². The second-order valence-electron chi connectivity index (χ2n) is 4.05. The van der Waals surface area contributed by atoms with Gasteiger partial charge < -0.3 is 23.7 Å². The number of nitrogens with two attached hydrogens (primary N) is 1. The van der Waals surface area contributed by atoms with Crippen LogP contribution in [0.15, 0.2) is 0 Å². The highest BCUT2D eigenvalue weighted by atomic mass is 28.4. The van der Waals surface area contributed by atoms with Crippen LogP contribution in [0.25, 0.3) is 0 Å². The van der Waals surface area contributed by atoms with E-state index in [0.29, 0.717) is 6.54 Å². The molecule has 0 saturated carbocycles. The second-order valence-corrected chi connectivity index (χ2v) is 6.94. The van der Waals surface area contributed by atoms with Crippen molar-refractivity contribution >= 4 is 8.80 Å². The molecule has 6 heteroatoms. The minimum absolute atomic E-state index is 0.560. The molecule has 5 nitrogen and oxygen atoms in total. The summed E-state index contributed by atoms with van der Waals surface area (Å²) in [5.74, 6) is -0.560. The van der Waals surface area contributed by atoms with Gasteiger partial charge in [-0.1, -0.05) is 0 Å². The van der Waals surface area contributed by atoms with Crippen LogP contribution in [-0.2, 0) is 18.0 Å². The quantitative estimate of drug-likeness (QED) is 0.714. The van der Waals surface area contributed by atoms with Gasteiger partial charge >= 0.3 is 8.80 Å². The summed E-state index contributed by atoms with van der Waals surface area (Å²) >= 11 is 0. The van der Waals surface area contributed by atoms with Gasteiger partial charge in [-0.15, -0.1) is 0 Å². The summed E-state index contributed by atoms with van der Waals surface area (Å²) in [7, 11) is 2.46. The maximum atomic E-state index is 6.03. The predicted molar refractivity (Wildman–Crippen MR) is 62.9 cm³/mol. The molecule has 1 fully saturated rings. The van der Waals surface area contributed by atoms with Crippen molar-refractivity contribution in [1.82, 2.24) is 0 Å². The van der Waals surface area contributed by atoms with E-state index >= 15 is 0 Å². The zero-order valence-electron chi connectivity index (χ0n) is 10.5. The first-order chi connectivity index (χ1) is 7.66. The highest BCUT2D eigenvalue weighted by Crippen LogP contribution is 2.37. The summed E-state index contributed by atoms with van der Waals surface area (Å²) in [5, 5.41) is 0. The first-order valence-electron chi connectivity index (χ1n) is 5.71. The van der Waals surface area contributed by atoms with Gasteiger partial charge in [-0.25, -0.2) is 0 Å². The molecule has 1 unspecified atom stereocenters. The molecular weight excluding hydrogens is 226 g/mol. The van der Waals surface area contributed by atoms with E-state index in [2.05, 4.69) is 0 Å². The van der Waals surface area contributed by atoms with Crippen molar-refractivity contribution in [2.45, 2.75) is 37.5 Å². The maximum absolute atomic E-state index is 6.03. The average Bonchev–Trinajstić information content (AvgIpc) is 2.36. The van der Waals surface area contributed by atoms with E-state index in [0.717, 1.165) is 31.7 Å². The van der Waals surface area contributed by atoms with Crippen LogP contribution < -0.4 is 5.73 Å². The number of hydrogen-bond donors (Lipinski definition) is 1. The first-order valence-corrected chi connectivity index (χ1v) is 7.65. The average molecular weight is 249 g/mol. The van der Waals surface area contributed by atoms with Crippen molar-refractivity contribution in [3.8, 4) is 0 Å². The molecule has 0 aliphatic carbocycles. The van der Waals surface area contributed by atoms with Crippen LogP contribution in [0.2, 0.25) is 6.04 Å². The Hall–Kier alpha value is 0.0169. The molecule has 1 rings (SSSR count). The summed E-state index contributed by atoms with van der Waals surface area (Å²) < 4.78 is 22.5. The largest absolute Gasteiger partial charge is 0.502 e. The topological polar surface area (TPSA) is 62.9 Å². The minimum atomic E-state index is -2.50. The van der Waals surface area contributed by atoms with Gasteiger partial charge in [0.1, 0.15) is 0 Å². The molecule has 1 heterocycles. The Morgan fingerprint density at radius 2 is 2.00 bits per heavy atom. The summed E-state index contributed by atoms with van der Waals surface area (Å²) in [5.41, 5.74) is 5.53. The van der Waals surface area contributed by atoms with Gasteiger partial charge in [0.25, 0.3) is 0 Å². The summed E-state index contributed by atoms with van der Waals surface area (Å²) in [6, 6.07) is 0.855. The van der Waals surface area contributed by atoms with Gasteiger partial charge in [0, 0.05) is 40.2 Å². The first kappa shape index (κ1) is 14.1. The third kappa shape index (κ3) is 3.03. The molecule has 0 spiro atoms. The standard InChI is InChI=1S/C10H23NO4Si/c1-12-10(6-4-8-11)7-5-9-16(13-2,14-3)15-10/h4-9,11H2,1-3H3. The molecule has 0 aromatic heterocycles. The number of hydrogen-bond acceptors (Lipinski definition) is 5. The number of methoxy groups -OCH3 is 1. The summed E-state index contributed by atoms with van der Waals surface area (Å²) in [6.45, 7) is 0.642. The van der Waals surface area contributed by atoms with E-state index in [-0.39, 0.29) is 0 Å². The molecule has 0 amide bonds. The molecule has 0 aromatic rings. The molecule has 1 saturated heterocycles. The number of rotatable bonds is 6. The Morgan fingerprint density at radius 3 is 2.50 bits per heavy atom. The van der Waals surface area contributed by atoms with E-state index in [9.17, 15) is 0 Å². The fourth-order valence-corrected chi connectivity index (χ4v) is 4.43. The van der Waals surface area contributed by atoms with Crippen molar-refractivity contribution in [1.29, 1.82) is 0 Å². The van der Waals surface area contributed by atoms with Crippen LogP contribution in [0.3, 0.4) is 0 Å². The Labute approximate surface area is 98.6 Å². The van der Waals surface area contributed by atoms with E-state index < -0.39 is 14.6 Å². The second kappa shape index (κ2) is 6.09. The van der Waals surface area contributed by atoms with Crippen molar-refractivity contribution in [2.75, 3.05) is 27.9 Å². The van der Waals surface area contributed by atoms with Crippen LogP contribution in [0.4, 0.5) is 0 Å². The molecule has 1 atom stereocenters. The molecule has 96 valence electrons. The molecule has 0 bridgehead atoms. The van der Waals surface area contributed by atoms with Crippen molar-refractivity contribution < 1.29 is 18.0 Å². The van der Waals surface area contributed by atoms with Crippen LogP contribution in [-0.4, -0.2) is 42.5 Å². The highest BCUT2D eigenvalue weighted by molar-refractivity contribution is 6.60. The summed E-state index contributed by atoms with van der Waals surface area (Å²) in [6.07, 6.45) is 3.56. The molecular formula is C10H23NO4Si. The lowest BCUT2D eigenvalue weighted by Gasteiger charge is -2.43. The highest BCUT2D eigenvalue weighted by Gasteiger charge is 2.51. The maximum Gasteiger partial charge on any atom is 0.502 e. The number of ether oxygens (including phenoxy) is 1. The van der Waals surface area contributed by atoms with Gasteiger partial charge in [-0.3, -0.25) is 0 Å².